The maximum absolute atomic E-state index is 12.8. The molecule has 0 aromatic carbocycles. The average Bonchev–Trinajstić information content (AvgIpc) is 3.18. The summed E-state index contributed by atoms with van der Waals surface area (Å²) in [6.45, 7) is 3.70. The number of aliphatic hydroxyl groups excluding tert-OH is 3. The van der Waals surface area contributed by atoms with Gasteiger partial charge in [-0.2, -0.15) is 8.42 Å². The number of ether oxygens (including phenoxy) is 4. The lowest BCUT2D eigenvalue weighted by molar-refractivity contribution is -0.297. The molecule has 1 heterocycles. The van der Waals surface area contributed by atoms with Crippen LogP contribution in [0.25, 0.3) is 0 Å². The molecule has 0 aromatic heterocycles. The number of hydrogen-bond donors (Lipinski definition) is 4. The Kier molecular flexibility index (Phi) is 33.1. The number of unbranched alkanes of at least 4 members (excludes halogenated alkanes) is 19. The van der Waals surface area contributed by atoms with E-state index in [0.29, 0.717) is 12.8 Å². The van der Waals surface area contributed by atoms with Crippen LogP contribution < -0.4 is 0 Å². The Labute approximate surface area is 351 Å². The Hall–Kier alpha value is -2.13. The number of carbonyl (C=O) groups is 2. The molecule has 0 spiro atoms. The molecule has 1 aliphatic rings. The topological polar surface area (TPSA) is 186 Å². The molecule has 0 radical (unpaired) electrons. The van der Waals surface area contributed by atoms with Gasteiger partial charge in [-0.3, -0.25) is 14.1 Å². The Morgan fingerprint density at radius 3 is 1.57 bits per heavy atom. The van der Waals surface area contributed by atoms with Crippen LogP contribution in [0.2, 0.25) is 0 Å². The van der Waals surface area contributed by atoms with E-state index in [4.69, 9.17) is 18.9 Å². The molecule has 0 saturated carbocycles. The zero-order chi connectivity index (χ0) is 42.7. The molecule has 338 valence electrons. The lowest BCUT2D eigenvalue weighted by atomic mass is 10.00. The largest absolute Gasteiger partial charge is 0.462 e. The highest BCUT2D eigenvalue weighted by Crippen LogP contribution is 2.24. The monoisotopic (exact) mass is 845 g/mol. The van der Waals surface area contributed by atoms with Crippen molar-refractivity contribution in [2.75, 3.05) is 19.0 Å². The number of rotatable bonds is 37. The van der Waals surface area contributed by atoms with Crippen molar-refractivity contribution in [3.63, 3.8) is 0 Å². The molecule has 1 aliphatic heterocycles. The highest BCUT2D eigenvalue weighted by Gasteiger charge is 2.46. The van der Waals surface area contributed by atoms with Crippen LogP contribution in [0.5, 0.6) is 0 Å². The fourth-order valence-corrected chi connectivity index (χ4v) is 7.33. The summed E-state index contributed by atoms with van der Waals surface area (Å²) >= 11 is 0. The lowest BCUT2D eigenvalue weighted by Crippen LogP contribution is -2.60. The Balaban J connectivity index is 2.45. The number of aliphatic hydroxyl groups is 3. The minimum atomic E-state index is -4.60. The van der Waals surface area contributed by atoms with E-state index in [9.17, 15) is 37.9 Å². The van der Waals surface area contributed by atoms with Crippen LogP contribution in [0.15, 0.2) is 36.5 Å². The number of allylic oxidation sites excluding steroid dienone is 6. The third-order valence-corrected chi connectivity index (χ3v) is 10.9. The average molecular weight is 845 g/mol. The van der Waals surface area contributed by atoms with Crippen molar-refractivity contribution in [1.82, 2.24) is 0 Å². The zero-order valence-corrected chi connectivity index (χ0v) is 36.7. The van der Waals surface area contributed by atoms with Crippen molar-refractivity contribution in [3.8, 4) is 0 Å². The second-order valence-electron chi connectivity index (χ2n) is 15.7. The molecule has 0 aromatic rings. The van der Waals surface area contributed by atoms with Gasteiger partial charge in [0.2, 0.25) is 0 Å². The molecule has 1 rings (SSSR count). The highest BCUT2D eigenvalue weighted by molar-refractivity contribution is 7.85. The van der Waals surface area contributed by atoms with Crippen LogP contribution in [0.1, 0.15) is 181 Å². The minimum absolute atomic E-state index is 0.154. The molecule has 0 amide bonds. The number of esters is 2. The van der Waals surface area contributed by atoms with Crippen LogP contribution >= 0.6 is 0 Å². The summed E-state index contributed by atoms with van der Waals surface area (Å²) in [4.78, 5) is 25.4. The van der Waals surface area contributed by atoms with Gasteiger partial charge in [0.25, 0.3) is 10.1 Å². The molecule has 58 heavy (non-hydrogen) atoms. The van der Waals surface area contributed by atoms with E-state index in [0.717, 1.165) is 77.0 Å². The summed E-state index contributed by atoms with van der Waals surface area (Å²) in [5, 5.41) is 30.9. The standard InChI is InChI=1S/C45H80O12S/c1-3-5-7-9-11-13-15-17-18-19-20-21-22-24-26-28-30-32-34-41(47)56-38(36-55-45-44(50)43(49)42(48)39(57-45)37-58(51,52)53)35-54-40(46)33-31-29-27-25-23-16-14-12-10-8-6-4-2/h12-15,18-19,38-39,42-45,48-50H,3-11,16-17,20-37H2,1-2H3,(H,51,52,53)/b14-12-,15-13-,19-18-. The third kappa shape index (κ3) is 30.0. The summed E-state index contributed by atoms with van der Waals surface area (Å²) in [7, 11) is -4.60. The Morgan fingerprint density at radius 1 is 0.586 bits per heavy atom. The third-order valence-electron chi connectivity index (χ3n) is 10.2. The molecular weight excluding hydrogens is 765 g/mol. The number of carbonyl (C=O) groups excluding carboxylic acids is 2. The van der Waals surface area contributed by atoms with Crippen molar-refractivity contribution in [1.29, 1.82) is 0 Å². The van der Waals surface area contributed by atoms with E-state index in [1.54, 1.807) is 0 Å². The molecule has 13 heteroatoms. The Morgan fingerprint density at radius 2 is 1.03 bits per heavy atom. The van der Waals surface area contributed by atoms with Gasteiger partial charge in [-0.1, -0.05) is 134 Å². The first-order valence-electron chi connectivity index (χ1n) is 22.5. The van der Waals surface area contributed by atoms with Crippen molar-refractivity contribution >= 4 is 22.1 Å². The van der Waals surface area contributed by atoms with Gasteiger partial charge in [0.15, 0.2) is 12.4 Å². The smallest absolute Gasteiger partial charge is 0.306 e. The van der Waals surface area contributed by atoms with E-state index < -0.39 is 71.2 Å². The summed E-state index contributed by atoms with van der Waals surface area (Å²) in [6.07, 6.45) is 30.4. The maximum atomic E-state index is 12.8. The van der Waals surface area contributed by atoms with Gasteiger partial charge in [0.1, 0.15) is 36.8 Å². The molecule has 12 nitrogen and oxygen atoms in total. The van der Waals surface area contributed by atoms with Crippen molar-refractivity contribution in [2.45, 2.75) is 218 Å². The van der Waals surface area contributed by atoms with Gasteiger partial charge < -0.3 is 34.3 Å². The predicted molar refractivity (Wildman–Crippen MR) is 229 cm³/mol. The highest BCUT2D eigenvalue weighted by atomic mass is 32.2. The second kappa shape index (κ2) is 35.6. The van der Waals surface area contributed by atoms with Gasteiger partial charge in [-0.15, -0.1) is 0 Å². The predicted octanol–water partition coefficient (Wildman–Crippen LogP) is 9.00. The normalized spacial score (nSPS) is 20.7. The van der Waals surface area contributed by atoms with Crippen LogP contribution in [-0.4, -0.2) is 96.0 Å². The van der Waals surface area contributed by atoms with Crippen LogP contribution in [0.4, 0.5) is 0 Å². The summed E-state index contributed by atoms with van der Waals surface area (Å²) < 4.78 is 54.0. The molecule has 0 aliphatic carbocycles. The SMILES string of the molecule is CCCCC/C=C\CCCCCCCC(=O)OCC(COC1OC(CS(=O)(=O)O)C(O)C(O)C1O)OC(=O)CCCCCCCCC/C=C\C/C=C\CCCCCC. The van der Waals surface area contributed by atoms with Crippen molar-refractivity contribution < 1.29 is 56.8 Å². The van der Waals surface area contributed by atoms with E-state index in [1.165, 1.54) is 64.2 Å². The zero-order valence-electron chi connectivity index (χ0n) is 35.9. The first kappa shape index (κ1) is 53.9. The van der Waals surface area contributed by atoms with Crippen molar-refractivity contribution in [3.05, 3.63) is 36.5 Å². The summed E-state index contributed by atoms with van der Waals surface area (Å²) in [6, 6.07) is 0. The molecule has 1 saturated heterocycles. The molecule has 6 unspecified atom stereocenters. The van der Waals surface area contributed by atoms with E-state index in [1.807, 2.05) is 0 Å². The van der Waals surface area contributed by atoms with Crippen LogP contribution in [-0.2, 0) is 38.7 Å². The lowest BCUT2D eigenvalue weighted by Gasteiger charge is -2.40. The summed E-state index contributed by atoms with van der Waals surface area (Å²) in [5.74, 6) is -2.00. The molecular formula is C45H80O12S. The first-order valence-corrected chi connectivity index (χ1v) is 24.2. The quantitative estimate of drug-likeness (QED) is 0.0202. The molecule has 1 fully saturated rings. The van der Waals surface area contributed by atoms with Gasteiger partial charge >= 0.3 is 11.9 Å². The van der Waals surface area contributed by atoms with Crippen LogP contribution in [0.3, 0.4) is 0 Å². The molecule has 0 bridgehead atoms. The van der Waals surface area contributed by atoms with Gasteiger partial charge in [0.05, 0.1) is 6.61 Å². The van der Waals surface area contributed by atoms with Crippen LogP contribution in [0, 0.1) is 0 Å². The van der Waals surface area contributed by atoms with Gasteiger partial charge in [-0.05, 0) is 70.6 Å². The fourth-order valence-electron chi connectivity index (χ4n) is 6.64. The van der Waals surface area contributed by atoms with E-state index in [-0.39, 0.29) is 19.4 Å². The number of hydrogen-bond acceptors (Lipinski definition) is 11. The second-order valence-corrected chi connectivity index (χ2v) is 17.2. The summed E-state index contributed by atoms with van der Waals surface area (Å²) in [5.41, 5.74) is 0. The maximum Gasteiger partial charge on any atom is 0.306 e. The van der Waals surface area contributed by atoms with E-state index in [2.05, 4.69) is 50.3 Å². The van der Waals surface area contributed by atoms with Gasteiger partial charge in [0, 0.05) is 12.8 Å². The minimum Gasteiger partial charge on any atom is -0.462 e. The molecule has 4 N–H and O–H groups in total. The van der Waals surface area contributed by atoms with E-state index >= 15 is 0 Å². The fraction of sp³-hybridized carbons (Fsp3) is 0.822. The van der Waals surface area contributed by atoms with Gasteiger partial charge in [-0.25, -0.2) is 0 Å². The van der Waals surface area contributed by atoms with Crippen molar-refractivity contribution in [2.24, 2.45) is 0 Å². The first-order chi connectivity index (χ1) is 28.0. The molecule has 6 atom stereocenters. The Bertz CT molecular complexity index is 1220.